The maximum absolute atomic E-state index is 13.5. The number of anilines is 3. The molecule has 1 aliphatic rings. The molecule has 9 aromatic rings. The lowest BCUT2D eigenvalue weighted by Gasteiger charge is -2.31. The van der Waals surface area contributed by atoms with Gasteiger partial charge in [-0.3, -0.25) is 0 Å². The molecule has 0 N–H and O–H groups in total. The van der Waals surface area contributed by atoms with Crippen molar-refractivity contribution < 1.29 is 25.8 Å². The number of hydrogen-bond donors (Lipinski definition) is 0. The third-order valence-corrected chi connectivity index (χ3v) is 12.1. The van der Waals surface area contributed by atoms with Gasteiger partial charge in [0.15, 0.2) is 5.75 Å². The van der Waals surface area contributed by atoms with Gasteiger partial charge in [-0.1, -0.05) is 123 Å². The standard InChI is InChI=1S/C46H30F3NO3S/c1-45(2)36-13-8-11-28-15-16-31-25-32(26-37(45)44(31)43(28)36)50(38-14-7-6-12-33(38)27-9-4-3-5-10-27)39-23-19-29-18-22-35-40(53-54(51,52)46(47,48)49)24-20-30-17-21-34(39)41(29)42(30)35/h3-26H,1-2H3. The van der Waals surface area contributed by atoms with Crippen LogP contribution in [0.2, 0.25) is 0 Å². The minimum absolute atomic E-state index is 0.266. The predicted octanol–water partition coefficient (Wildman–Crippen LogP) is 12.9. The molecule has 0 aliphatic heterocycles. The molecule has 0 unspecified atom stereocenters. The molecule has 0 heterocycles. The topological polar surface area (TPSA) is 46.6 Å². The molecule has 0 saturated carbocycles. The number of hydrogen-bond acceptors (Lipinski definition) is 4. The van der Waals surface area contributed by atoms with Gasteiger partial charge in [0.05, 0.1) is 11.4 Å². The Kier molecular flexibility index (Phi) is 6.74. The minimum atomic E-state index is -5.89. The van der Waals surface area contributed by atoms with E-state index in [-0.39, 0.29) is 16.6 Å². The number of nitrogens with zero attached hydrogens (tertiary/aromatic N) is 1. The van der Waals surface area contributed by atoms with Crippen LogP contribution >= 0.6 is 0 Å². The zero-order chi connectivity index (χ0) is 37.1. The average molecular weight is 734 g/mol. The molecule has 0 fully saturated rings. The van der Waals surface area contributed by atoms with Crippen LogP contribution in [0.25, 0.3) is 65.0 Å². The van der Waals surface area contributed by atoms with Crippen molar-refractivity contribution in [2.45, 2.75) is 24.8 Å². The molecule has 54 heavy (non-hydrogen) atoms. The SMILES string of the molecule is CC1(C)c2cccc3ccc4cc(N(c5ccccc5-c5ccccc5)c5ccc6ccc7c(OS(=O)(=O)C(F)(F)F)ccc8ccc5c6c87)cc1c4c23. The van der Waals surface area contributed by atoms with Crippen LogP contribution in [0, 0.1) is 0 Å². The Morgan fingerprint density at radius 1 is 0.556 bits per heavy atom. The fraction of sp³-hybridized carbons (Fsp3) is 0.0870. The van der Waals surface area contributed by atoms with Crippen molar-refractivity contribution in [3.05, 3.63) is 157 Å². The highest BCUT2D eigenvalue weighted by Gasteiger charge is 2.48. The highest BCUT2D eigenvalue weighted by Crippen LogP contribution is 2.53. The van der Waals surface area contributed by atoms with E-state index < -0.39 is 15.6 Å². The van der Waals surface area contributed by atoms with Crippen molar-refractivity contribution in [2.24, 2.45) is 0 Å². The second-order valence-electron chi connectivity index (χ2n) is 14.5. The van der Waals surface area contributed by atoms with Crippen LogP contribution in [0.1, 0.15) is 25.0 Å². The van der Waals surface area contributed by atoms with Crippen molar-refractivity contribution in [1.82, 2.24) is 0 Å². The molecule has 0 bridgehead atoms. The first-order valence-corrected chi connectivity index (χ1v) is 19.0. The van der Waals surface area contributed by atoms with Crippen LogP contribution in [0.5, 0.6) is 5.75 Å². The molecule has 8 heteroatoms. The molecule has 4 nitrogen and oxygen atoms in total. The first-order chi connectivity index (χ1) is 25.9. The summed E-state index contributed by atoms with van der Waals surface area (Å²) in [5.74, 6) is -0.378. The van der Waals surface area contributed by atoms with Gasteiger partial charge in [0.25, 0.3) is 0 Å². The Labute approximate surface area is 309 Å². The zero-order valence-corrected chi connectivity index (χ0v) is 29.9. The Morgan fingerprint density at radius 3 is 1.94 bits per heavy atom. The van der Waals surface area contributed by atoms with Gasteiger partial charge in [0.1, 0.15) is 0 Å². The van der Waals surface area contributed by atoms with Crippen LogP contribution < -0.4 is 9.08 Å². The van der Waals surface area contributed by atoms with Gasteiger partial charge >= 0.3 is 15.6 Å². The van der Waals surface area contributed by atoms with E-state index in [9.17, 15) is 21.6 Å². The second kappa shape index (κ2) is 11.2. The van der Waals surface area contributed by atoms with E-state index in [1.54, 1.807) is 18.2 Å². The summed E-state index contributed by atoms with van der Waals surface area (Å²) in [5.41, 5.74) is 1.51. The molecule has 0 saturated heterocycles. The van der Waals surface area contributed by atoms with Crippen LogP contribution in [-0.4, -0.2) is 13.9 Å². The molecule has 0 atom stereocenters. The highest BCUT2D eigenvalue weighted by atomic mass is 32.2. The summed E-state index contributed by atoms with van der Waals surface area (Å²) in [6, 6.07) is 48.3. The van der Waals surface area contributed by atoms with Crippen LogP contribution in [0.4, 0.5) is 30.2 Å². The molecule has 264 valence electrons. The van der Waals surface area contributed by atoms with Crippen molar-refractivity contribution in [2.75, 3.05) is 4.90 Å². The van der Waals surface area contributed by atoms with Crippen LogP contribution in [-0.2, 0) is 15.5 Å². The van der Waals surface area contributed by atoms with Crippen molar-refractivity contribution in [3.63, 3.8) is 0 Å². The summed E-state index contributed by atoms with van der Waals surface area (Å²) in [4.78, 5) is 2.28. The van der Waals surface area contributed by atoms with E-state index in [4.69, 9.17) is 4.18 Å². The van der Waals surface area contributed by atoms with Gasteiger partial charge < -0.3 is 9.08 Å². The van der Waals surface area contributed by atoms with Crippen molar-refractivity contribution in [3.8, 4) is 16.9 Å². The third-order valence-electron chi connectivity index (χ3n) is 11.1. The van der Waals surface area contributed by atoms with Gasteiger partial charge in [-0.2, -0.15) is 21.6 Å². The lowest BCUT2D eigenvalue weighted by molar-refractivity contribution is -0.0499. The molecule has 9 aromatic carbocycles. The fourth-order valence-electron chi connectivity index (χ4n) is 8.65. The van der Waals surface area contributed by atoms with E-state index in [0.29, 0.717) is 5.39 Å². The Hall–Kier alpha value is -6.12. The lowest BCUT2D eigenvalue weighted by atomic mass is 9.81. The van der Waals surface area contributed by atoms with Crippen molar-refractivity contribution >= 4 is 81.0 Å². The fourth-order valence-corrected chi connectivity index (χ4v) is 9.12. The number of rotatable bonds is 6. The smallest absolute Gasteiger partial charge is 0.375 e. The molecule has 0 spiro atoms. The van der Waals surface area contributed by atoms with Crippen LogP contribution in [0.15, 0.2) is 146 Å². The molecular formula is C46H30F3NO3S. The minimum Gasteiger partial charge on any atom is -0.375 e. The average Bonchev–Trinajstić information content (AvgIpc) is 3.40. The number of benzene rings is 9. The summed E-state index contributed by atoms with van der Waals surface area (Å²) in [6.45, 7) is 4.55. The number of alkyl halides is 3. The largest absolute Gasteiger partial charge is 0.534 e. The predicted molar refractivity (Wildman–Crippen MR) is 213 cm³/mol. The zero-order valence-electron chi connectivity index (χ0n) is 29.1. The van der Waals surface area contributed by atoms with Gasteiger partial charge in [0.2, 0.25) is 0 Å². The Balaban J connectivity index is 1.28. The van der Waals surface area contributed by atoms with E-state index in [1.807, 2.05) is 48.5 Å². The van der Waals surface area contributed by atoms with E-state index in [1.165, 1.54) is 33.4 Å². The van der Waals surface area contributed by atoms with Gasteiger partial charge in [-0.25, -0.2) is 0 Å². The van der Waals surface area contributed by atoms with Gasteiger partial charge in [-0.05, 0) is 90.8 Å². The Bertz CT molecular complexity index is 3120. The molecule has 1 aliphatic carbocycles. The third kappa shape index (κ3) is 4.59. The van der Waals surface area contributed by atoms with Gasteiger partial charge in [0, 0.05) is 32.8 Å². The maximum atomic E-state index is 13.5. The summed E-state index contributed by atoms with van der Waals surface area (Å²) < 4.78 is 69.6. The molecule has 0 amide bonds. The lowest BCUT2D eigenvalue weighted by Crippen LogP contribution is -2.28. The summed E-state index contributed by atoms with van der Waals surface area (Å²) in [6.07, 6.45) is 0. The highest BCUT2D eigenvalue weighted by molar-refractivity contribution is 7.88. The molecule has 10 rings (SSSR count). The second-order valence-corrected chi connectivity index (χ2v) is 16.0. The quantitative estimate of drug-likeness (QED) is 0.0970. The van der Waals surface area contributed by atoms with Crippen LogP contribution in [0.3, 0.4) is 0 Å². The van der Waals surface area contributed by atoms with Crippen molar-refractivity contribution in [1.29, 1.82) is 0 Å². The maximum Gasteiger partial charge on any atom is 0.534 e. The monoisotopic (exact) mass is 733 g/mol. The molecule has 0 aromatic heterocycles. The normalized spacial score (nSPS) is 13.9. The number of halogens is 3. The number of para-hydroxylation sites is 1. The summed E-state index contributed by atoms with van der Waals surface area (Å²) in [7, 11) is -5.89. The summed E-state index contributed by atoms with van der Waals surface area (Å²) in [5, 5.41) is 9.01. The summed E-state index contributed by atoms with van der Waals surface area (Å²) >= 11 is 0. The molecular weight excluding hydrogens is 704 g/mol. The van der Waals surface area contributed by atoms with Gasteiger partial charge in [-0.15, -0.1) is 0 Å². The Morgan fingerprint density at radius 2 is 1.17 bits per heavy atom. The van der Waals surface area contributed by atoms with E-state index >= 15 is 0 Å². The first-order valence-electron chi connectivity index (χ1n) is 17.6. The van der Waals surface area contributed by atoms with E-state index in [2.05, 4.69) is 91.5 Å². The van der Waals surface area contributed by atoms with E-state index in [0.717, 1.165) is 55.1 Å². The molecule has 0 radical (unpaired) electrons. The first kappa shape index (κ1) is 32.5.